The second-order valence-corrected chi connectivity index (χ2v) is 4.25. The molecule has 3 heteroatoms. The molecule has 13 heavy (non-hydrogen) atoms. The lowest BCUT2D eigenvalue weighted by molar-refractivity contribution is 0.463. The maximum atomic E-state index is 9.51. The van der Waals surface area contributed by atoms with Gasteiger partial charge in [0.1, 0.15) is 5.75 Å². The quantitative estimate of drug-likeness (QED) is 0.763. The van der Waals surface area contributed by atoms with Gasteiger partial charge in [-0.05, 0) is 43.0 Å². The Kier molecular flexibility index (Phi) is 1.97. The van der Waals surface area contributed by atoms with Crippen LogP contribution in [0.3, 0.4) is 0 Å². The lowest BCUT2D eigenvalue weighted by atomic mass is 10.0. The third kappa shape index (κ3) is 1.95. The Morgan fingerprint density at radius 3 is 2.77 bits per heavy atom. The van der Waals surface area contributed by atoms with Crippen LogP contribution in [-0.2, 0) is 6.42 Å². The fourth-order valence-corrected chi connectivity index (χ4v) is 1.61. The molecule has 3 N–H and O–H groups in total. The molecule has 2 rings (SSSR count). The monoisotopic (exact) mass is 197 g/mol. The lowest BCUT2D eigenvalue weighted by Gasteiger charge is -2.10. The van der Waals surface area contributed by atoms with Gasteiger partial charge in [-0.1, -0.05) is 11.6 Å². The number of halogens is 1. The molecule has 1 saturated carbocycles. The van der Waals surface area contributed by atoms with Crippen LogP contribution >= 0.6 is 11.6 Å². The van der Waals surface area contributed by atoms with Crippen molar-refractivity contribution in [3.63, 3.8) is 0 Å². The second kappa shape index (κ2) is 2.89. The van der Waals surface area contributed by atoms with Crippen molar-refractivity contribution in [2.24, 2.45) is 5.73 Å². The van der Waals surface area contributed by atoms with Crippen LogP contribution in [0.15, 0.2) is 18.2 Å². The molecule has 70 valence electrons. The van der Waals surface area contributed by atoms with Gasteiger partial charge in [-0.25, -0.2) is 0 Å². The molecule has 1 fully saturated rings. The van der Waals surface area contributed by atoms with E-state index in [-0.39, 0.29) is 5.54 Å². The molecule has 0 spiro atoms. The SMILES string of the molecule is NC1(Cc2cc(Cl)ccc2O)CC1. The summed E-state index contributed by atoms with van der Waals surface area (Å²) in [7, 11) is 0. The first-order valence-corrected chi connectivity index (χ1v) is 4.73. The highest BCUT2D eigenvalue weighted by Gasteiger charge is 2.38. The molecule has 0 aliphatic heterocycles. The Bertz CT molecular complexity index is 334. The molecule has 0 atom stereocenters. The Balaban J connectivity index is 2.23. The summed E-state index contributed by atoms with van der Waals surface area (Å²) < 4.78 is 0. The topological polar surface area (TPSA) is 46.2 Å². The molecule has 0 aromatic heterocycles. The Morgan fingerprint density at radius 1 is 1.46 bits per heavy atom. The number of phenols is 1. The number of hydrogen-bond acceptors (Lipinski definition) is 2. The highest BCUT2D eigenvalue weighted by Crippen LogP contribution is 2.38. The van der Waals surface area contributed by atoms with E-state index < -0.39 is 0 Å². The van der Waals surface area contributed by atoms with Crippen LogP contribution in [0, 0.1) is 0 Å². The second-order valence-electron chi connectivity index (χ2n) is 3.81. The molecular formula is C10H12ClNO. The van der Waals surface area contributed by atoms with Crippen LogP contribution in [0.5, 0.6) is 5.75 Å². The average Bonchev–Trinajstić information content (AvgIpc) is 2.76. The van der Waals surface area contributed by atoms with Crippen LogP contribution in [0.4, 0.5) is 0 Å². The Labute approximate surface area is 82.3 Å². The van der Waals surface area contributed by atoms with Gasteiger partial charge in [-0.15, -0.1) is 0 Å². The third-order valence-corrected chi connectivity index (χ3v) is 2.71. The van der Waals surface area contributed by atoms with Gasteiger partial charge in [-0.2, -0.15) is 0 Å². The van der Waals surface area contributed by atoms with E-state index in [9.17, 15) is 5.11 Å². The normalized spacial score (nSPS) is 18.6. The lowest BCUT2D eigenvalue weighted by Crippen LogP contribution is -2.24. The van der Waals surface area contributed by atoms with E-state index in [2.05, 4.69) is 0 Å². The number of benzene rings is 1. The van der Waals surface area contributed by atoms with Gasteiger partial charge in [-0.3, -0.25) is 0 Å². The first-order valence-electron chi connectivity index (χ1n) is 4.35. The predicted molar refractivity (Wildman–Crippen MR) is 53.0 cm³/mol. The van der Waals surface area contributed by atoms with E-state index in [0.717, 1.165) is 24.8 Å². The van der Waals surface area contributed by atoms with Gasteiger partial charge in [0.15, 0.2) is 0 Å². The van der Waals surface area contributed by atoms with Gasteiger partial charge >= 0.3 is 0 Å². The van der Waals surface area contributed by atoms with E-state index in [1.807, 2.05) is 0 Å². The number of nitrogens with two attached hydrogens (primary N) is 1. The van der Waals surface area contributed by atoms with Crippen molar-refractivity contribution in [3.05, 3.63) is 28.8 Å². The number of rotatable bonds is 2. The average molecular weight is 198 g/mol. The van der Waals surface area contributed by atoms with Gasteiger partial charge < -0.3 is 10.8 Å². The van der Waals surface area contributed by atoms with Crippen molar-refractivity contribution in [3.8, 4) is 5.75 Å². The molecule has 0 heterocycles. The smallest absolute Gasteiger partial charge is 0.118 e. The highest BCUT2D eigenvalue weighted by atomic mass is 35.5. The summed E-state index contributed by atoms with van der Waals surface area (Å²) in [5, 5.41) is 10.2. The predicted octanol–water partition coefficient (Wildman–Crippen LogP) is 2.08. The summed E-state index contributed by atoms with van der Waals surface area (Å²) in [6.45, 7) is 0. The standard InChI is InChI=1S/C10H12ClNO/c11-8-1-2-9(13)7(5-8)6-10(12)3-4-10/h1-2,5,13H,3-4,6,12H2. The van der Waals surface area contributed by atoms with E-state index in [1.165, 1.54) is 0 Å². The number of phenolic OH excluding ortho intramolecular Hbond substituents is 1. The van der Waals surface area contributed by atoms with Crippen molar-refractivity contribution in [2.45, 2.75) is 24.8 Å². The third-order valence-electron chi connectivity index (χ3n) is 2.48. The van der Waals surface area contributed by atoms with E-state index in [4.69, 9.17) is 17.3 Å². The molecule has 1 aromatic carbocycles. The van der Waals surface area contributed by atoms with Crippen molar-refractivity contribution < 1.29 is 5.11 Å². The van der Waals surface area contributed by atoms with Crippen LogP contribution in [0.25, 0.3) is 0 Å². The summed E-state index contributed by atoms with van der Waals surface area (Å²) in [5.41, 5.74) is 6.72. The van der Waals surface area contributed by atoms with Gasteiger partial charge in [0, 0.05) is 10.6 Å². The fourth-order valence-electron chi connectivity index (χ4n) is 1.41. The molecule has 0 unspecified atom stereocenters. The fraction of sp³-hybridized carbons (Fsp3) is 0.400. The Hall–Kier alpha value is -0.730. The minimum absolute atomic E-state index is 0.0812. The minimum Gasteiger partial charge on any atom is -0.508 e. The maximum absolute atomic E-state index is 9.51. The summed E-state index contributed by atoms with van der Waals surface area (Å²) >= 11 is 5.81. The largest absolute Gasteiger partial charge is 0.508 e. The summed E-state index contributed by atoms with van der Waals surface area (Å²) in [5.74, 6) is 0.293. The first-order chi connectivity index (χ1) is 6.09. The van der Waals surface area contributed by atoms with Crippen LogP contribution in [0.2, 0.25) is 5.02 Å². The molecule has 0 amide bonds. The highest BCUT2D eigenvalue weighted by molar-refractivity contribution is 6.30. The van der Waals surface area contributed by atoms with Crippen LogP contribution in [-0.4, -0.2) is 10.6 Å². The maximum Gasteiger partial charge on any atom is 0.118 e. The molecule has 0 saturated heterocycles. The van der Waals surface area contributed by atoms with Crippen molar-refractivity contribution in [2.75, 3.05) is 0 Å². The van der Waals surface area contributed by atoms with Crippen LogP contribution < -0.4 is 5.73 Å². The minimum atomic E-state index is -0.0812. The molecule has 0 radical (unpaired) electrons. The first kappa shape index (κ1) is 8.85. The van der Waals surface area contributed by atoms with Crippen molar-refractivity contribution in [1.29, 1.82) is 0 Å². The van der Waals surface area contributed by atoms with Crippen molar-refractivity contribution >= 4 is 11.6 Å². The van der Waals surface area contributed by atoms with Crippen LogP contribution in [0.1, 0.15) is 18.4 Å². The molecule has 2 nitrogen and oxygen atoms in total. The Morgan fingerprint density at radius 2 is 2.15 bits per heavy atom. The molecule has 1 aromatic rings. The van der Waals surface area contributed by atoms with Gasteiger partial charge in [0.05, 0.1) is 0 Å². The summed E-state index contributed by atoms with van der Waals surface area (Å²) in [6.07, 6.45) is 2.80. The van der Waals surface area contributed by atoms with Crippen molar-refractivity contribution in [1.82, 2.24) is 0 Å². The van der Waals surface area contributed by atoms with E-state index >= 15 is 0 Å². The van der Waals surface area contributed by atoms with E-state index in [0.29, 0.717) is 10.8 Å². The molecule has 1 aliphatic rings. The summed E-state index contributed by atoms with van der Waals surface area (Å²) in [6, 6.07) is 5.07. The van der Waals surface area contributed by atoms with Gasteiger partial charge in [0.2, 0.25) is 0 Å². The zero-order valence-corrected chi connectivity index (χ0v) is 8.01. The molecular weight excluding hydrogens is 186 g/mol. The molecule has 1 aliphatic carbocycles. The number of aromatic hydroxyl groups is 1. The van der Waals surface area contributed by atoms with E-state index in [1.54, 1.807) is 18.2 Å². The number of hydrogen-bond donors (Lipinski definition) is 2. The van der Waals surface area contributed by atoms with Gasteiger partial charge in [0.25, 0.3) is 0 Å². The molecule has 0 bridgehead atoms. The zero-order chi connectivity index (χ0) is 9.47. The zero-order valence-electron chi connectivity index (χ0n) is 7.26. The summed E-state index contributed by atoms with van der Waals surface area (Å²) in [4.78, 5) is 0.